The second kappa shape index (κ2) is 39.1. The molecule has 2 aromatic heterocycles. The zero-order chi connectivity index (χ0) is 73.1. The Bertz CT molecular complexity index is 3790. The third-order valence-corrected chi connectivity index (χ3v) is 18.9. The van der Waals surface area contributed by atoms with Gasteiger partial charge in [-0.25, -0.2) is 4.79 Å². The molecule has 20 N–H and O–H groups in total. The number of unbranched alkanes of at least 4 members (excludes halogenated alkanes) is 1. The van der Waals surface area contributed by atoms with E-state index < -0.39 is 157 Å². The zero-order valence-corrected chi connectivity index (χ0v) is 57.0. The first-order valence-corrected chi connectivity index (χ1v) is 35.1. The maximum atomic E-state index is 15.3. The minimum atomic E-state index is -1.95. The number of carboxylic acids is 1. The van der Waals surface area contributed by atoms with E-state index in [2.05, 4.69) is 63.1 Å². The highest BCUT2D eigenvalue weighted by Gasteiger charge is 2.39. The lowest BCUT2D eigenvalue weighted by Crippen LogP contribution is -2.63. The molecule has 0 spiro atoms. The maximum absolute atomic E-state index is 15.3. The van der Waals surface area contributed by atoms with Crippen molar-refractivity contribution < 1.29 is 78.3 Å². The van der Waals surface area contributed by atoms with Gasteiger partial charge in [0.2, 0.25) is 59.1 Å². The average molecular weight is 1430 g/mol. The molecule has 7 rings (SSSR count). The van der Waals surface area contributed by atoms with Gasteiger partial charge in [-0.3, -0.25) is 52.9 Å². The van der Waals surface area contributed by atoms with Gasteiger partial charge in [0.1, 0.15) is 66.2 Å². The number of nitrogens with two attached hydrogens (primary N) is 2. The molecule has 1 aliphatic rings. The number of carbonyl (C=O) groups is 11. The maximum Gasteiger partial charge on any atom is 0.327 e. The number of phenolic OH excluding ortho intramolecular Hbond substituents is 1. The molecule has 1 fully saturated rings. The molecule has 101 heavy (non-hydrogen) atoms. The highest BCUT2D eigenvalue weighted by atomic mass is 33.1. The van der Waals surface area contributed by atoms with Gasteiger partial charge >= 0.3 is 5.97 Å². The molecule has 0 saturated carbocycles. The molecule has 3 heterocycles. The first-order chi connectivity index (χ1) is 48.4. The van der Waals surface area contributed by atoms with E-state index in [1.165, 1.54) is 36.7 Å². The lowest BCUT2D eigenvalue weighted by molar-refractivity contribution is -0.142. The Morgan fingerprint density at radius 2 is 0.921 bits per heavy atom. The van der Waals surface area contributed by atoms with Crippen LogP contribution in [0.2, 0.25) is 0 Å². The van der Waals surface area contributed by atoms with Crippen molar-refractivity contribution in [3.8, 4) is 5.75 Å². The van der Waals surface area contributed by atoms with E-state index in [-0.39, 0.29) is 55.9 Å². The van der Waals surface area contributed by atoms with Crippen molar-refractivity contribution >= 4 is 97.5 Å². The van der Waals surface area contributed by atoms with E-state index in [4.69, 9.17) is 11.5 Å². The zero-order valence-electron chi connectivity index (χ0n) is 55.4. The van der Waals surface area contributed by atoms with Crippen molar-refractivity contribution in [3.63, 3.8) is 0 Å². The number of rotatable bonds is 18. The molecule has 540 valence electrons. The van der Waals surface area contributed by atoms with Crippen molar-refractivity contribution in [2.24, 2.45) is 11.5 Å². The molecule has 1 saturated heterocycles. The number of aliphatic carboxylic acids is 1. The van der Waals surface area contributed by atoms with Gasteiger partial charge in [0.15, 0.2) is 0 Å². The molecule has 13 atom stereocenters. The number of aliphatic hydroxyl groups is 3. The Labute approximate surface area is 589 Å². The summed E-state index contributed by atoms with van der Waals surface area (Å²) in [5.41, 5.74) is 15.2. The average Bonchev–Trinajstić information content (AvgIpc) is 1.74. The summed E-state index contributed by atoms with van der Waals surface area (Å²) in [7, 11) is 1.81. The number of aromatic hydroxyl groups is 1. The van der Waals surface area contributed by atoms with Gasteiger partial charge in [-0.05, 0) is 91.7 Å². The molecule has 1 aliphatic heterocycles. The molecule has 0 unspecified atom stereocenters. The molecule has 4 aromatic carbocycles. The van der Waals surface area contributed by atoms with Crippen molar-refractivity contribution in [2.45, 2.75) is 144 Å². The number of aromatic nitrogens is 2. The summed E-state index contributed by atoms with van der Waals surface area (Å²) in [6.45, 7) is 1.35. The van der Waals surface area contributed by atoms with E-state index >= 15 is 14.4 Å². The summed E-state index contributed by atoms with van der Waals surface area (Å²) >= 11 is 0. The van der Waals surface area contributed by atoms with E-state index in [0.29, 0.717) is 51.6 Å². The molecule has 30 nitrogen and oxygen atoms in total. The fraction of sp³-hybridized carbons (Fsp3) is 0.391. The summed E-state index contributed by atoms with van der Waals surface area (Å²) < 4.78 is 0. The Morgan fingerprint density at radius 3 is 1.42 bits per heavy atom. The third kappa shape index (κ3) is 24.1. The van der Waals surface area contributed by atoms with E-state index in [0.717, 1.165) is 35.4 Å². The van der Waals surface area contributed by atoms with Gasteiger partial charge in [-0.1, -0.05) is 119 Å². The number of amides is 10. The number of aromatic amines is 1. The Balaban J connectivity index is 1.30. The number of nitrogens with zero attached hydrogens (tertiary/aromatic N) is 1. The van der Waals surface area contributed by atoms with Crippen LogP contribution in [0.15, 0.2) is 140 Å². The van der Waals surface area contributed by atoms with E-state index in [1.54, 1.807) is 103 Å². The van der Waals surface area contributed by atoms with Gasteiger partial charge in [0.05, 0.1) is 24.9 Å². The lowest BCUT2D eigenvalue weighted by atomic mass is 9.99. The predicted octanol–water partition coefficient (Wildman–Crippen LogP) is -1.68. The summed E-state index contributed by atoms with van der Waals surface area (Å²) in [5, 5.41) is 79.1. The number of nitrogens with one attached hydrogen (secondary N) is 11. The smallest absolute Gasteiger partial charge is 0.327 e. The first kappa shape index (κ1) is 78.4. The molecule has 6 aromatic rings. The third-order valence-electron chi connectivity index (χ3n) is 16.4. The number of aliphatic hydroxyl groups excluding tert-OH is 3. The lowest BCUT2D eigenvalue weighted by Gasteiger charge is -2.29. The summed E-state index contributed by atoms with van der Waals surface area (Å²) in [4.78, 5) is 166. The van der Waals surface area contributed by atoms with Crippen LogP contribution in [0.25, 0.3) is 10.9 Å². The van der Waals surface area contributed by atoms with Crippen molar-refractivity contribution in [3.05, 3.63) is 168 Å². The van der Waals surface area contributed by atoms with E-state index in [1.807, 2.05) is 0 Å². The summed E-state index contributed by atoms with van der Waals surface area (Å²) in [6.07, 6.45) is 0.524. The monoisotopic (exact) mass is 1430 g/mol. The fourth-order valence-corrected chi connectivity index (χ4v) is 13.1. The largest absolute Gasteiger partial charge is 0.508 e. The van der Waals surface area contributed by atoms with Crippen LogP contribution in [0.3, 0.4) is 0 Å². The van der Waals surface area contributed by atoms with Crippen LogP contribution in [-0.4, -0.2) is 204 Å². The van der Waals surface area contributed by atoms with Crippen LogP contribution in [0.1, 0.15) is 60.9 Å². The highest BCUT2D eigenvalue weighted by Crippen LogP contribution is 2.24. The highest BCUT2D eigenvalue weighted by molar-refractivity contribution is 8.76. The molecule has 0 radical (unpaired) electrons. The first-order valence-electron chi connectivity index (χ1n) is 32.6. The van der Waals surface area contributed by atoms with Crippen molar-refractivity contribution in [1.82, 2.24) is 63.1 Å². The van der Waals surface area contributed by atoms with Gasteiger partial charge < -0.3 is 95.2 Å². The Morgan fingerprint density at radius 1 is 0.495 bits per heavy atom. The summed E-state index contributed by atoms with van der Waals surface area (Å²) in [6, 6.07) is 14.9. The Hall–Kier alpha value is -9.96. The topological polar surface area (TPSA) is 490 Å². The molecular weight excluding hydrogens is 1340 g/mol. The number of carboxylic acid groups (broad SMARTS) is 1. The number of carbonyl (C=O) groups excluding carboxylic acids is 10. The molecule has 10 amide bonds. The van der Waals surface area contributed by atoms with Crippen LogP contribution in [-0.2, 0) is 84.8 Å². The second-order valence-electron chi connectivity index (χ2n) is 24.3. The van der Waals surface area contributed by atoms with Gasteiger partial charge in [0, 0.05) is 73.1 Å². The van der Waals surface area contributed by atoms with Crippen LogP contribution < -0.4 is 64.6 Å². The number of fused-ring (bicyclic) bond motifs is 1. The van der Waals surface area contributed by atoms with Gasteiger partial charge in [-0.15, -0.1) is 0 Å². The van der Waals surface area contributed by atoms with Gasteiger partial charge in [0.25, 0.3) is 0 Å². The number of pyridine rings is 1. The fourth-order valence-electron chi connectivity index (χ4n) is 10.8. The number of phenols is 1. The summed E-state index contributed by atoms with van der Waals surface area (Å²) in [5.74, 6) is -12.5. The molecule has 32 heteroatoms. The standard InChI is InChI=1S/C69H86N14O16S2/c1-38(85)57-67(96)79-52(30-42-22-24-45(87)25-23-42)64(93)83-58(39(2)86)68(97)80-55(35-84)66(95)81-56(69(98)99)37-101-100-36-47(71)59(88)74-49(21-11-12-26-70)60(89)75-50(28-40-14-5-3-6-15-40)61(90)76-51(29-41-16-7-4-8-17-41)62(91)78-54(32-44-34-73-48-20-10-9-19-46(44)48)63(92)77-53(65(94)82-57)31-43-18-13-27-72-33-43/h3-10,13-20,22-25,27,33-34,38-39,47,49-58,73,84-87H,11-12,21,26,28-32,35-37,70-71H2,1-2H3,(H,74,88)(H,75,89)(H,76,90)(H,77,92)(H,78,91)(H,79,96)(H,80,97)(H,81,95)(H,82,94)(H,83,93)(H,98,99)/t38-,39-,47+,49+,50+,51+,52+,53+,54+,55+,56+,57+,58+/m1/s1. The van der Waals surface area contributed by atoms with E-state index in [9.17, 15) is 63.9 Å². The van der Waals surface area contributed by atoms with Crippen molar-refractivity contribution in [1.29, 1.82) is 0 Å². The normalized spacial score (nSPS) is 24.2. The minimum absolute atomic E-state index is 0.0232. The predicted molar refractivity (Wildman–Crippen MR) is 375 cm³/mol. The van der Waals surface area contributed by atoms with Crippen LogP contribution in [0.5, 0.6) is 5.75 Å². The molecule has 0 aliphatic carbocycles. The SMILES string of the molecule is C[C@@H](O)[C@@H]1NC(=O)[C@H](Cc2ccc(O)cc2)NC(=O)[C@H]([C@@H](C)O)NC(=O)[C@H](Cc2cccnc2)NC(=O)[C@H](Cc2c[nH]c3ccccc23)NC(=O)[C@H](Cc2ccccc2)NC(=O)[C@H](Cc2ccccc2)NC(=O)[C@H](CCCCN)NC(=O)[C@@H](N)CSSC[C@@H](C(=O)O)NC(=O)[C@H](CO)NC1=O. The molecule has 0 bridgehead atoms. The number of hydrogen-bond donors (Lipinski definition) is 18. The van der Waals surface area contributed by atoms with Gasteiger partial charge in [-0.2, -0.15) is 0 Å². The van der Waals surface area contributed by atoms with Crippen LogP contribution in [0.4, 0.5) is 0 Å². The second-order valence-corrected chi connectivity index (χ2v) is 26.9. The quantitative estimate of drug-likeness (QED) is 0.0337. The number of benzene rings is 4. The number of hydrogen-bond acceptors (Lipinski definition) is 20. The van der Waals surface area contributed by atoms with Crippen LogP contribution in [0, 0.1) is 0 Å². The van der Waals surface area contributed by atoms with Crippen molar-refractivity contribution in [2.75, 3.05) is 24.7 Å². The van der Waals surface area contributed by atoms with Crippen LogP contribution >= 0.6 is 21.6 Å². The number of para-hydroxylation sites is 1. The number of H-pyrrole nitrogens is 1. The molecular formula is C69H86N14O16S2. The Kier molecular flexibility index (Phi) is 30.4. The minimum Gasteiger partial charge on any atom is -0.508 e.